The Hall–Kier alpha value is -1.79. The lowest BCUT2D eigenvalue weighted by Crippen LogP contribution is -2.34. The van der Waals surface area contributed by atoms with E-state index in [1.165, 1.54) is 0 Å². The van der Waals surface area contributed by atoms with Crippen molar-refractivity contribution in [3.05, 3.63) is 18.2 Å². The minimum absolute atomic E-state index is 0.0678. The van der Waals surface area contributed by atoms with E-state index >= 15 is 0 Å². The van der Waals surface area contributed by atoms with Gasteiger partial charge in [0.25, 0.3) is 5.79 Å². The van der Waals surface area contributed by atoms with Gasteiger partial charge in [0.1, 0.15) is 0 Å². The number of benzene rings is 1. The number of hydrogen-bond acceptors (Lipinski definition) is 5. The molecule has 1 aromatic carbocycles. The molecule has 1 aliphatic carbocycles. The average Bonchev–Trinajstić information content (AvgIpc) is 3.33. The molecule has 2 heterocycles. The van der Waals surface area contributed by atoms with Gasteiger partial charge >= 0.3 is 0 Å². The summed E-state index contributed by atoms with van der Waals surface area (Å²) < 4.78 is 23.0. The van der Waals surface area contributed by atoms with Gasteiger partial charge in [0.15, 0.2) is 11.5 Å². The van der Waals surface area contributed by atoms with E-state index in [1.54, 1.807) is 0 Å². The number of nitrogens with one attached hydrogen (secondary N) is 1. The molecular weight excluding hydrogens is 322 g/mol. The van der Waals surface area contributed by atoms with Gasteiger partial charge in [-0.2, -0.15) is 0 Å². The molecule has 0 aromatic heterocycles. The highest BCUT2D eigenvalue weighted by Gasteiger charge is 2.44. The minimum atomic E-state index is -0.471. The SMILES string of the molecule is O=C(CCOCC1CCCO1)Nc1ccc2c(c1)OC1(CCCC1)O2. The molecule has 0 radical (unpaired) electrons. The zero-order chi connectivity index (χ0) is 17.1. The maximum absolute atomic E-state index is 12.1. The molecule has 1 spiro atoms. The Labute approximate surface area is 147 Å². The smallest absolute Gasteiger partial charge is 0.251 e. The van der Waals surface area contributed by atoms with Gasteiger partial charge in [-0.3, -0.25) is 4.79 Å². The topological polar surface area (TPSA) is 66.0 Å². The van der Waals surface area contributed by atoms with Gasteiger partial charge in [-0.1, -0.05) is 0 Å². The van der Waals surface area contributed by atoms with Gasteiger partial charge in [-0.05, 0) is 37.8 Å². The molecule has 1 saturated carbocycles. The van der Waals surface area contributed by atoms with Crippen molar-refractivity contribution < 1.29 is 23.7 Å². The number of rotatable bonds is 6. The van der Waals surface area contributed by atoms with Crippen molar-refractivity contribution >= 4 is 11.6 Å². The van der Waals surface area contributed by atoms with E-state index in [2.05, 4.69) is 5.32 Å². The highest BCUT2D eigenvalue weighted by molar-refractivity contribution is 5.91. The van der Waals surface area contributed by atoms with Gasteiger partial charge in [0, 0.05) is 31.2 Å². The Balaban J connectivity index is 1.24. The zero-order valence-corrected chi connectivity index (χ0v) is 14.4. The molecule has 1 amide bonds. The molecule has 1 aromatic rings. The van der Waals surface area contributed by atoms with Crippen LogP contribution in [-0.2, 0) is 14.3 Å². The predicted molar refractivity (Wildman–Crippen MR) is 91.9 cm³/mol. The van der Waals surface area contributed by atoms with Crippen LogP contribution in [0.5, 0.6) is 11.5 Å². The summed E-state index contributed by atoms with van der Waals surface area (Å²) in [5.41, 5.74) is 0.724. The third kappa shape index (κ3) is 3.90. The van der Waals surface area contributed by atoms with Crippen LogP contribution in [-0.4, -0.2) is 37.6 Å². The van der Waals surface area contributed by atoms with Crippen molar-refractivity contribution in [2.24, 2.45) is 0 Å². The number of anilines is 1. The molecule has 136 valence electrons. The maximum atomic E-state index is 12.1. The van der Waals surface area contributed by atoms with Gasteiger partial charge in [0.2, 0.25) is 5.91 Å². The van der Waals surface area contributed by atoms with Crippen molar-refractivity contribution in [3.8, 4) is 11.5 Å². The Bertz CT molecular complexity index is 620. The Morgan fingerprint density at radius 2 is 2.04 bits per heavy atom. The number of carbonyl (C=O) groups is 1. The maximum Gasteiger partial charge on any atom is 0.251 e. The largest absolute Gasteiger partial charge is 0.448 e. The molecule has 2 aliphatic heterocycles. The van der Waals surface area contributed by atoms with Crippen LogP contribution in [0.1, 0.15) is 44.9 Å². The van der Waals surface area contributed by atoms with Crippen LogP contribution in [0.2, 0.25) is 0 Å². The lowest BCUT2D eigenvalue weighted by atomic mass is 10.2. The van der Waals surface area contributed by atoms with Crippen LogP contribution >= 0.6 is 0 Å². The van der Waals surface area contributed by atoms with E-state index < -0.39 is 5.79 Å². The molecule has 1 unspecified atom stereocenters. The third-order valence-electron chi connectivity index (χ3n) is 4.99. The van der Waals surface area contributed by atoms with E-state index in [-0.39, 0.29) is 12.0 Å². The second kappa shape index (κ2) is 7.22. The fourth-order valence-corrected chi connectivity index (χ4v) is 3.67. The second-order valence-corrected chi connectivity index (χ2v) is 6.99. The van der Waals surface area contributed by atoms with E-state index in [0.29, 0.717) is 25.4 Å². The molecule has 1 atom stereocenters. The number of carbonyl (C=O) groups excluding carboxylic acids is 1. The van der Waals surface area contributed by atoms with Crippen LogP contribution in [0.3, 0.4) is 0 Å². The molecule has 3 aliphatic rings. The van der Waals surface area contributed by atoms with Crippen molar-refractivity contribution in [1.29, 1.82) is 0 Å². The van der Waals surface area contributed by atoms with Gasteiger partial charge in [-0.25, -0.2) is 0 Å². The normalized spacial score (nSPS) is 23.3. The van der Waals surface area contributed by atoms with Gasteiger partial charge in [-0.15, -0.1) is 0 Å². The van der Waals surface area contributed by atoms with E-state index in [4.69, 9.17) is 18.9 Å². The third-order valence-corrected chi connectivity index (χ3v) is 4.99. The Morgan fingerprint density at radius 3 is 2.84 bits per heavy atom. The first kappa shape index (κ1) is 16.7. The van der Waals surface area contributed by atoms with Crippen LogP contribution in [0, 0.1) is 0 Å². The van der Waals surface area contributed by atoms with Crippen LogP contribution in [0.15, 0.2) is 18.2 Å². The van der Waals surface area contributed by atoms with Gasteiger partial charge in [0.05, 0.1) is 25.7 Å². The molecular formula is C19H25NO5. The fourth-order valence-electron chi connectivity index (χ4n) is 3.67. The zero-order valence-electron chi connectivity index (χ0n) is 14.4. The second-order valence-electron chi connectivity index (χ2n) is 6.99. The van der Waals surface area contributed by atoms with Crippen molar-refractivity contribution in [1.82, 2.24) is 0 Å². The lowest BCUT2D eigenvalue weighted by molar-refractivity contribution is -0.117. The van der Waals surface area contributed by atoms with Crippen molar-refractivity contribution in [2.75, 3.05) is 25.1 Å². The summed E-state index contributed by atoms with van der Waals surface area (Å²) in [6.07, 6.45) is 6.76. The summed E-state index contributed by atoms with van der Waals surface area (Å²) >= 11 is 0. The minimum Gasteiger partial charge on any atom is -0.448 e. The molecule has 0 bridgehead atoms. The number of amides is 1. The number of hydrogen-bond donors (Lipinski definition) is 1. The summed E-state index contributed by atoms with van der Waals surface area (Å²) in [6, 6.07) is 5.56. The Kier molecular flexibility index (Phi) is 4.81. The molecule has 1 saturated heterocycles. The lowest BCUT2D eigenvalue weighted by Gasteiger charge is -2.21. The average molecular weight is 347 g/mol. The molecule has 6 nitrogen and oxygen atoms in total. The van der Waals surface area contributed by atoms with Gasteiger partial charge < -0.3 is 24.3 Å². The summed E-state index contributed by atoms with van der Waals surface area (Å²) in [5.74, 6) is 0.942. The highest BCUT2D eigenvalue weighted by Crippen LogP contribution is 2.47. The Morgan fingerprint density at radius 1 is 1.20 bits per heavy atom. The molecule has 6 heteroatoms. The summed E-state index contributed by atoms with van der Waals surface area (Å²) in [5, 5.41) is 2.89. The first-order valence-corrected chi connectivity index (χ1v) is 9.24. The van der Waals surface area contributed by atoms with E-state index in [9.17, 15) is 4.79 Å². The molecule has 4 rings (SSSR count). The van der Waals surface area contributed by atoms with Crippen LogP contribution in [0.25, 0.3) is 0 Å². The molecule has 2 fully saturated rings. The predicted octanol–water partition coefficient (Wildman–Crippen LogP) is 3.25. The molecule has 25 heavy (non-hydrogen) atoms. The van der Waals surface area contributed by atoms with Crippen LogP contribution < -0.4 is 14.8 Å². The van der Waals surface area contributed by atoms with E-state index in [1.807, 2.05) is 18.2 Å². The summed E-state index contributed by atoms with van der Waals surface area (Å²) in [6.45, 7) is 1.79. The number of fused-ring (bicyclic) bond motifs is 1. The summed E-state index contributed by atoms with van der Waals surface area (Å²) in [7, 11) is 0. The van der Waals surface area contributed by atoms with Crippen molar-refractivity contribution in [2.45, 2.75) is 56.8 Å². The first-order chi connectivity index (χ1) is 12.2. The monoisotopic (exact) mass is 347 g/mol. The highest BCUT2D eigenvalue weighted by atomic mass is 16.7. The first-order valence-electron chi connectivity index (χ1n) is 9.24. The van der Waals surface area contributed by atoms with E-state index in [0.717, 1.165) is 56.6 Å². The van der Waals surface area contributed by atoms with Crippen LogP contribution in [0.4, 0.5) is 5.69 Å². The quantitative estimate of drug-likeness (QED) is 0.800. The standard InChI is InChI=1S/C19H25NO5/c21-18(7-11-22-13-15-4-3-10-23-15)20-14-5-6-16-17(12-14)25-19(24-16)8-1-2-9-19/h5-6,12,15H,1-4,7-11,13H2,(H,20,21). The summed E-state index contributed by atoms with van der Waals surface area (Å²) in [4.78, 5) is 12.1. The molecule has 1 N–H and O–H groups in total. The fraction of sp³-hybridized carbons (Fsp3) is 0.632. The number of ether oxygens (including phenoxy) is 4. The van der Waals surface area contributed by atoms with Crippen molar-refractivity contribution in [3.63, 3.8) is 0 Å².